The van der Waals surface area contributed by atoms with Gasteiger partial charge in [-0.05, 0) is 49.7 Å². The Bertz CT molecular complexity index is 1420. The molecule has 2 aromatic rings. The Kier molecular flexibility index (Phi) is 11.1. The van der Waals surface area contributed by atoms with E-state index in [9.17, 15) is 14.4 Å². The number of allylic oxidation sites excluding steroid dienone is 3. The summed E-state index contributed by atoms with van der Waals surface area (Å²) in [6.07, 6.45) is 8.63. The normalized spacial score (nSPS) is 21.8. The van der Waals surface area contributed by atoms with Crippen molar-refractivity contribution >= 4 is 29.0 Å². The van der Waals surface area contributed by atoms with Gasteiger partial charge >= 0.3 is 12.1 Å². The number of nitrogens with zero attached hydrogens (tertiary/aromatic N) is 3. The fourth-order valence-electron chi connectivity index (χ4n) is 5.47. The first-order chi connectivity index (χ1) is 21.5. The lowest BCUT2D eigenvalue weighted by Crippen LogP contribution is -2.57. The highest BCUT2D eigenvalue weighted by Crippen LogP contribution is 2.37. The maximum atomic E-state index is 14.1. The van der Waals surface area contributed by atoms with Crippen LogP contribution in [-0.2, 0) is 25.5 Å². The molecule has 1 saturated carbocycles. The van der Waals surface area contributed by atoms with Crippen molar-refractivity contribution in [3.8, 4) is 11.6 Å². The van der Waals surface area contributed by atoms with E-state index in [1.54, 1.807) is 19.3 Å². The van der Waals surface area contributed by atoms with Crippen molar-refractivity contribution in [3.63, 3.8) is 0 Å². The van der Waals surface area contributed by atoms with Crippen molar-refractivity contribution < 1.29 is 33.3 Å². The molecule has 2 amide bonds. The standard InChI is InChI=1S/C34H46N4O7/c1-8-10-12-13-21-17-28(21)45-33(41)37-29(34(3,4)5)31(39)38-20-23(19-27(38)32(40)43-7)44-30-25(14-11-9-2)35-24-16-15-22(42-6)18-26(24)36-30/h9-10,12,15-16,18,21,23,27-29H,2,8,11,13-14,17,19-20H2,1,3-7H3,(H,37,41)/b12-10-/t21?,23-,27?,28-,29-/m1/s1. The Morgan fingerprint density at radius 2 is 1.91 bits per heavy atom. The third-order valence-corrected chi connectivity index (χ3v) is 8.12. The Morgan fingerprint density at radius 3 is 2.58 bits per heavy atom. The first kappa shape index (κ1) is 33.7. The van der Waals surface area contributed by atoms with E-state index in [0.29, 0.717) is 41.2 Å². The van der Waals surface area contributed by atoms with Crippen molar-refractivity contribution in [2.45, 2.75) is 90.5 Å². The van der Waals surface area contributed by atoms with Gasteiger partial charge in [-0.15, -0.1) is 6.58 Å². The van der Waals surface area contributed by atoms with E-state index in [0.717, 1.165) is 19.3 Å². The number of hydrogen-bond acceptors (Lipinski definition) is 9. The highest BCUT2D eigenvalue weighted by molar-refractivity contribution is 5.91. The highest BCUT2D eigenvalue weighted by atomic mass is 16.6. The maximum Gasteiger partial charge on any atom is 0.408 e. The number of carbonyl (C=O) groups excluding carboxylic acids is 3. The molecule has 2 fully saturated rings. The lowest BCUT2D eigenvalue weighted by molar-refractivity contribution is -0.152. The van der Waals surface area contributed by atoms with Crippen LogP contribution in [0.4, 0.5) is 4.79 Å². The van der Waals surface area contributed by atoms with Crippen LogP contribution < -0.4 is 14.8 Å². The van der Waals surface area contributed by atoms with Gasteiger partial charge in [-0.25, -0.2) is 19.6 Å². The number of ether oxygens (including phenoxy) is 4. The van der Waals surface area contributed by atoms with Gasteiger partial charge in [0.2, 0.25) is 11.8 Å². The van der Waals surface area contributed by atoms with E-state index in [4.69, 9.17) is 28.9 Å². The number of nitrogens with one attached hydrogen (secondary N) is 1. The molecule has 1 aromatic heterocycles. The predicted molar refractivity (Wildman–Crippen MR) is 170 cm³/mol. The number of aryl methyl sites for hydroxylation is 1. The van der Waals surface area contributed by atoms with E-state index in [2.05, 4.69) is 31.0 Å². The van der Waals surface area contributed by atoms with E-state index < -0.39 is 41.6 Å². The summed E-state index contributed by atoms with van der Waals surface area (Å²) in [5, 5.41) is 2.79. The molecule has 1 saturated heterocycles. The van der Waals surface area contributed by atoms with Crippen LogP contribution in [0.2, 0.25) is 0 Å². The third kappa shape index (κ3) is 8.52. The molecule has 1 N–H and O–H groups in total. The molecule has 2 unspecified atom stereocenters. The number of benzene rings is 1. The van der Waals surface area contributed by atoms with Gasteiger partial charge in [0.05, 0.1) is 31.8 Å². The summed E-state index contributed by atoms with van der Waals surface area (Å²) >= 11 is 0. The van der Waals surface area contributed by atoms with Crippen molar-refractivity contribution in [1.82, 2.24) is 20.2 Å². The minimum absolute atomic E-state index is 0.0924. The summed E-state index contributed by atoms with van der Waals surface area (Å²) < 4.78 is 22.4. The van der Waals surface area contributed by atoms with Crippen molar-refractivity contribution in [3.05, 3.63) is 48.7 Å². The molecule has 1 aliphatic carbocycles. The molecule has 0 radical (unpaired) electrons. The molecule has 1 aromatic carbocycles. The fourth-order valence-corrected chi connectivity index (χ4v) is 5.47. The summed E-state index contributed by atoms with van der Waals surface area (Å²) in [6, 6.07) is 3.57. The zero-order valence-corrected chi connectivity index (χ0v) is 27.2. The highest BCUT2D eigenvalue weighted by Gasteiger charge is 2.47. The summed E-state index contributed by atoms with van der Waals surface area (Å²) in [4.78, 5) is 50.9. The molecule has 4 rings (SSSR count). The van der Waals surface area contributed by atoms with Crippen LogP contribution in [0.15, 0.2) is 43.0 Å². The van der Waals surface area contributed by atoms with Crippen molar-refractivity contribution in [2.24, 2.45) is 11.3 Å². The molecule has 2 heterocycles. The van der Waals surface area contributed by atoms with Crippen molar-refractivity contribution in [1.29, 1.82) is 0 Å². The number of hydrogen-bond donors (Lipinski definition) is 1. The molecular formula is C34H46N4O7. The van der Waals surface area contributed by atoms with Crippen LogP contribution in [0, 0.1) is 11.3 Å². The van der Waals surface area contributed by atoms with Crippen LogP contribution in [0.25, 0.3) is 11.0 Å². The van der Waals surface area contributed by atoms with Gasteiger partial charge < -0.3 is 29.2 Å². The SMILES string of the molecule is C=CCCc1nc2ccc(OC)cc2nc1O[C@@H]1CC(C(=O)OC)N(C(=O)[C@@H](NC(=O)O[C@@H]2CC2C/C=C\CC)C(C)(C)C)C1. The molecular weight excluding hydrogens is 576 g/mol. The minimum Gasteiger partial charge on any atom is -0.497 e. The summed E-state index contributed by atoms with van der Waals surface area (Å²) in [6.45, 7) is 11.5. The molecule has 45 heavy (non-hydrogen) atoms. The quantitative estimate of drug-likeness (QED) is 0.238. The van der Waals surface area contributed by atoms with Gasteiger partial charge in [0.25, 0.3) is 0 Å². The molecule has 5 atom stereocenters. The van der Waals surface area contributed by atoms with E-state index in [1.165, 1.54) is 12.0 Å². The predicted octanol–water partition coefficient (Wildman–Crippen LogP) is 5.16. The first-order valence-electron chi connectivity index (χ1n) is 15.6. The number of fused-ring (bicyclic) bond motifs is 1. The molecule has 11 heteroatoms. The van der Waals surface area contributed by atoms with Gasteiger partial charge in [0.15, 0.2) is 0 Å². The topological polar surface area (TPSA) is 129 Å². The van der Waals surface area contributed by atoms with Crippen LogP contribution in [-0.4, -0.2) is 77.9 Å². The number of methoxy groups -OCH3 is 2. The van der Waals surface area contributed by atoms with Gasteiger partial charge in [0, 0.05) is 18.4 Å². The van der Waals surface area contributed by atoms with Crippen LogP contribution in [0.5, 0.6) is 11.6 Å². The first-order valence-corrected chi connectivity index (χ1v) is 15.6. The van der Waals surface area contributed by atoms with E-state index in [-0.39, 0.29) is 25.0 Å². The van der Waals surface area contributed by atoms with Crippen LogP contribution in [0.1, 0.15) is 65.5 Å². The third-order valence-electron chi connectivity index (χ3n) is 8.12. The van der Waals surface area contributed by atoms with E-state index >= 15 is 0 Å². The molecule has 1 aliphatic heterocycles. The fraction of sp³-hybridized carbons (Fsp3) is 0.559. The van der Waals surface area contributed by atoms with Crippen LogP contribution >= 0.6 is 0 Å². The Hall–Kier alpha value is -4.15. The molecule has 0 spiro atoms. The molecule has 2 aliphatic rings. The lowest BCUT2D eigenvalue weighted by atomic mass is 9.85. The Morgan fingerprint density at radius 1 is 1.13 bits per heavy atom. The average Bonchev–Trinajstić information content (AvgIpc) is 3.60. The van der Waals surface area contributed by atoms with Crippen molar-refractivity contribution in [2.75, 3.05) is 20.8 Å². The molecule has 0 bridgehead atoms. The number of rotatable bonds is 13. The minimum atomic E-state index is -0.954. The molecule has 11 nitrogen and oxygen atoms in total. The second-order valence-electron chi connectivity index (χ2n) is 12.7. The van der Waals surface area contributed by atoms with Gasteiger partial charge in [-0.3, -0.25) is 4.79 Å². The van der Waals surface area contributed by atoms with Crippen LogP contribution in [0.3, 0.4) is 0 Å². The Labute approximate surface area is 265 Å². The zero-order chi connectivity index (χ0) is 32.7. The largest absolute Gasteiger partial charge is 0.497 e. The summed E-state index contributed by atoms with van der Waals surface area (Å²) in [5.41, 5.74) is 1.26. The number of alkyl carbamates (subject to hydrolysis) is 1. The van der Waals surface area contributed by atoms with Gasteiger partial charge in [-0.2, -0.15) is 0 Å². The monoisotopic (exact) mass is 622 g/mol. The zero-order valence-electron chi connectivity index (χ0n) is 27.2. The van der Waals surface area contributed by atoms with E-state index in [1.807, 2.05) is 32.9 Å². The summed E-state index contributed by atoms with van der Waals surface area (Å²) in [5.74, 6) is 0.266. The maximum absolute atomic E-state index is 14.1. The van der Waals surface area contributed by atoms with Gasteiger partial charge in [0.1, 0.15) is 35.7 Å². The second kappa shape index (κ2) is 14.8. The Balaban J connectivity index is 1.53. The number of aromatic nitrogens is 2. The average molecular weight is 623 g/mol. The number of likely N-dealkylation sites (tertiary alicyclic amines) is 1. The molecule has 244 valence electrons. The number of esters is 1. The smallest absolute Gasteiger partial charge is 0.408 e. The second-order valence-corrected chi connectivity index (χ2v) is 12.7. The number of carbonyl (C=O) groups is 3. The number of amides is 2. The van der Waals surface area contributed by atoms with Gasteiger partial charge in [-0.1, -0.05) is 45.9 Å². The summed E-state index contributed by atoms with van der Waals surface area (Å²) in [7, 11) is 2.86. The lowest BCUT2D eigenvalue weighted by Gasteiger charge is -2.34.